The van der Waals surface area contributed by atoms with Gasteiger partial charge in [-0.1, -0.05) is 39.3 Å². The van der Waals surface area contributed by atoms with E-state index in [1.807, 2.05) is 13.8 Å². The number of rotatable bonds is 2. The SMILES string of the molecule is CC(C)c1nn(-c2ccc(Cl)nn2)c2c1C(=O)CC(C)(C)C2. The Hall–Kier alpha value is -1.75. The quantitative estimate of drug-likeness (QED) is 0.849. The van der Waals surface area contributed by atoms with Gasteiger partial charge in [-0.15, -0.1) is 10.2 Å². The fourth-order valence-electron chi connectivity index (χ4n) is 2.99. The van der Waals surface area contributed by atoms with Gasteiger partial charge in [-0.2, -0.15) is 5.10 Å². The predicted octanol–water partition coefficient (Wildman–Crippen LogP) is 3.59. The highest BCUT2D eigenvalue weighted by Gasteiger charge is 2.37. The minimum atomic E-state index is -0.0734. The Bertz CT molecular complexity index is 731. The van der Waals surface area contributed by atoms with Crippen molar-refractivity contribution in [1.82, 2.24) is 20.0 Å². The third kappa shape index (κ3) is 2.54. The van der Waals surface area contributed by atoms with Crippen LogP contribution in [0.2, 0.25) is 5.15 Å². The highest BCUT2D eigenvalue weighted by Crippen LogP contribution is 2.38. The van der Waals surface area contributed by atoms with Crippen molar-refractivity contribution >= 4 is 17.4 Å². The van der Waals surface area contributed by atoms with Gasteiger partial charge in [0, 0.05) is 6.42 Å². The van der Waals surface area contributed by atoms with Crippen LogP contribution in [-0.2, 0) is 6.42 Å². The van der Waals surface area contributed by atoms with Crippen LogP contribution in [0.4, 0.5) is 0 Å². The lowest BCUT2D eigenvalue weighted by atomic mass is 9.75. The van der Waals surface area contributed by atoms with Crippen LogP contribution in [0.1, 0.15) is 61.8 Å². The van der Waals surface area contributed by atoms with Crippen LogP contribution in [0.5, 0.6) is 0 Å². The number of fused-ring (bicyclic) bond motifs is 1. The van der Waals surface area contributed by atoms with Crippen LogP contribution in [-0.4, -0.2) is 25.8 Å². The molecule has 22 heavy (non-hydrogen) atoms. The fraction of sp³-hybridized carbons (Fsp3) is 0.500. The Morgan fingerprint density at radius 1 is 1.23 bits per heavy atom. The van der Waals surface area contributed by atoms with E-state index in [0.717, 1.165) is 23.4 Å². The minimum Gasteiger partial charge on any atom is -0.294 e. The molecule has 6 heteroatoms. The van der Waals surface area contributed by atoms with E-state index in [9.17, 15) is 4.79 Å². The number of hydrogen-bond acceptors (Lipinski definition) is 4. The summed E-state index contributed by atoms with van der Waals surface area (Å²) in [6, 6.07) is 3.46. The molecule has 2 aromatic heterocycles. The maximum atomic E-state index is 12.6. The highest BCUT2D eigenvalue weighted by atomic mass is 35.5. The molecule has 0 saturated heterocycles. The van der Waals surface area contributed by atoms with Crippen LogP contribution in [0, 0.1) is 5.41 Å². The molecule has 0 N–H and O–H groups in total. The molecule has 0 saturated carbocycles. The zero-order chi connectivity index (χ0) is 16.1. The molecule has 0 radical (unpaired) electrons. The van der Waals surface area contributed by atoms with Crippen molar-refractivity contribution in [2.75, 3.05) is 0 Å². The first-order valence-corrected chi connectivity index (χ1v) is 7.81. The third-order valence-electron chi connectivity index (χ3n) is 3.95. The first-order valence-electron chi connectivity index (χ1n) is 7.43. The molecule has 1 aliphatic carbocycles. The smallest absolute Gasteiger partial charge is 0.176 e. The maximum Gasteiger partial charge on any atom is 0.176 e. The Labute approximate surface area is 134 Å². The molecule has 1 aliphatic rings. The molecule has 5 nitrogen and oxygen atoms in total. The van der Waals surface area contributed by atoms with Gasteiger partial charge < -0.3 is 0 Å². The number of halogens is 1. The van der Waals surface area contributed by atoms with Crippen LogP contribution in [0.15, 0.2) is 12.1 Å². The van der Waals surface area contributed by atoms with E-state index >= 15 is 0 Å². The minimum absolute atomic E-state index is 0.0734. The summed E-state index contributed by atoms with van der Waals surface area (Å²) in [6.45, 7) is 8.31. The second-order valence-electron chi connectivity index (χ2n) is 6.93. The van der Waals surface area contributed by atoms with E-state index in [4.69, 9.17) is 11.6 Å². The van der Waals surface area contributed by atoms with Crippen molar-refractivity contribution in [3.63, 3.8) is 0 Å². The molecular weight excluding hydrogens is 300 g/mol. The van der Waals surface area contributed by atoms with Crippen LogP contribution < -0.4 is 0 Å². The van der Waals surface area contributed by atoms with Gasteiger partial charge in [-0.25, -0.2) is 4.68 Å². The number of aromatic nitrogens is 4. The standard InChI is InChI=1S/C16H19ClN4O/c1-9(2)15-14-10(7-16(3,4)8-11(14)22)21(20-15)13-6-5-12(17)18-19-13/h5-6,9H,7-8H2,1-4H3. The molecule has 2 aromatic rings. The van der Waals surface area contributed by atoms with Crippen LogP contribution >= 0.6 is 11.6 Å². The monoisotopic (exact) mass is 318 g/mol. The zero-order valence-corrected chi connectivity index (χ0v) is 14.0. The molecule has 0 fully saturated rings. The van der Waals surface area contributed by atoms with Gasteiger partial charge in [0.25, 0.3) is 0 Å². The van der Waals surface area contributed by atoms with E-state index < -0.39 is 0 Å². The van der Waals surface area contributed by atoms with Gasteiger partial charge >= 0.3 is 0 Å². The Balaban J connectivity index is 2.22. The highest BCUT2D eigenvalue weighted by molar-refractivity contribution is 6.29. The average Bonchev–Trinajstić information content (AvgIpc) is 2.78. The van der Waals surface area contributed by atoms with Crippen molar-refractivity contribution in [2.45, 2.75) is 46.5 Å². The van der Waals surface area contributed by atoms with Crippen molar-refractivity contribution in [3.8, 4) is 5.82 Å². The molecule has 0 amide bonds. The molecule has 0 unspecified atom stereocenters. The number of ketones is 1. The topological polar surface area (TPSA) is 60.7 Å². The van der Waals surface area contributed by atoms with Crippen LogP contribution in [0.25, 0.3) is 5.82 Å². The average molecular weight is 319 g/mol. The zero-order valence-electron chi connectivity index (χ0n) is 13.2. The van der Waals surface area contributed by atoms with Crippen molar-refractivity contribution in [2.24, 2.45) is 5.41 Å². The lowest BCUT2D eigenvalue weighted by Gasteiger charge is -2.29. The van der Waals surface area contributed by atoms with Gasteiger partial charge in [0.2, 0.25) is 0 Å². The van der Waals surface area contributed by atoms with Crippen molar-refractivity contribution in [1.29, 1.82) is 0 Å². The Morgan fingerprint density at radius 3 is 2.55 bits per heavy atom. The van der Waals surface area contributed by atoms with Gasteiger partial charge in [0.15, 0.2) is 16.8 Å². The fourth-order valence-corrected chi connectivity index (χ4v) is 3.09. The first kappa shape index (κ1) is 15.2. The Morgan fingerprint density at radius 2 is 1.95 bits per heavy atom. The lowest BCUT2D eigenvalue weighted by Crippen LogP contribution is -2.28. The molecule has 116 valence electrons. The second-order valence-corrected chi connectivity index (χ2v) is 7.32. The van der Waals surface area contributed by atoms with E-state index in [1.165, 1.54) is 0 Å². The summed E-state index contributed by atoms with van der Waals surface area (Å²) in [7, 11) is 0. The molecule has 0 aromatic carbocycles. The van der Waals surface area contributed by atoms with E-state index in [2.05, 4.69) is 29.1 Å². The molecule has 0 bridgehead atoms. The van der Waals surface area contributed by atoms with Crippen LogP contribution in [0.3, 0.4) is 0 Å². The predicted molar refractivity (Wildman–Crippen MR) is 84.7 cm³/mol. The second kappa shape index (κ2) is 5.16. The Kier molecular flexibility index (Phi) is 3.56. The molecular formula is C16H19ClN4O. The van der Waals surface area contributed by atoms with Crippen molar-refractivity contribution in [3.05, 3.63) is 34.2 Å². The summed E-state index contributed by atoms with van der Waals surface area (Å²) in [6.07, 6.45) is 1.34. The summed E-state index contributed by atoms with van der Waals surface area (Å²) in [4.78, 5) is 12.6. The lowest BCUT2D eigenvalue weighted by molar-refractivity contribution is 0.0909. The normalized spacial score (nSPS) is 16.9. The maximum absolute atomic E-state index is 12.6. The van der Waals surface area contributed by atoms with Gasteiger partial charge in [-0.3, -0.25) is 4.79 Å². The number of carbonyl (C=O) groups excluding carboxylic acids is 1. The number of hydrogen-bond donors (Lipinski definition) is 0. The molecule has 0 spiro atoms. The van der Waals surface area contributed by atoms with E-state index in [1.54, 1.807) is 16.8 Å². The van der Waals surface area contributed by atoms with Gasteiger partial charge in [0.05, 0.1) is 17.0 Å². The molecule has 2 heterocycles. The molecule has 0 atom stereocenters. The number of carbonyl (C=O) groups is 1. The van der Waals surface area contributed by atoms with E-state index in [-0.39, 0.29) is 17.1 Å². The summed E-state index contributed by atoms with van der Waals surface area (Å²) in [5.74, 6) is 0.946. The van der Waals surface area contributed by atoms with Gasteiger partial charge in [-0.05, 0) is 29.9 Å². The first-order chi connectivity index (χ1) is 10.3. The summed E-state index contributed by atoms with van der Waals surface area (Å²) in [5, 5.41) is 13.0. The third-order valence-corrected chi connectivity index (χ3v) is 4.16. The molecule has 3 rings (SSSR count). The van der Waals surface area contributed by atoms with E-state index in [0.29, 0.717) is 17.4 Å². The number of nitrogens with zero attached hydrogens (tertiary/aromatic N) is 4. The largest absolute Gasteiger partial charge is 0.294 e. The summed E-state index contributed by atoms with van der Waals surface area (Å²) >= 11 is 5.81. The van der Waals surface area contributed by atoms with Gasteiger partial charge in [0.1, 0.15) is 0 Å². The summed E-state index contributed by atoms with van der Waals surface area (Å²) < 4.78 is 1.76. The number of Topliss-reactive ketones (excluding diaryl/α,β-unsaturated/α-hetero) is 1. The summed E-state index contributed by atoms with van der Waals surface area (Å²) in [5.41, 5.74) is 2.47. The molecule has 0 aliphatic heterocycles. The van der Waals surface area contributed by atoms with Crippen molar-refractivity contribution < 1.29 is 4.79 Å².